The predicted octanol–water partition coefficient (Wildman–Crippen LogP) is 4.20. The maximum atomic E-state index is 12.7. The minimum Gasteiger partial charge on any atom is -0.478 e. The van der Waals surface area contributed by atoms with Crippen LogP contribution in [-0.4, -0.2) is 20.9 Å². The molecule has 1 heterocycles. The molecule has 21 heavy (non-hydrogen) atoms. The van der Waals surface area contributed by atoms with Gasteiger partial charge in [-0.25, -0.2) is 9.48 Å². The van der Waals surface area contributed by atoms with Gasteiger partial charge in [0.2, 0.25) is 0 Å². The number of halogens is 5. The van der Waals surface area contributed by atoms with Crippen LogP contribution in [0.25, 0.3) is 5.69 Å². The predicted molar refractivity (Wildman–Crippen MR) is 70.3 cm³/mol. The second kappa shape index (κ2) is 5.23. The van der Waals surface area contributed by atoms with Gasteiger partial charge in [-0.2, -0.15) is 18.3 Å². The highest BCUT2D eigenvalue weighted by atomic mass is 35.5. The molecule has 0 fully saturated rings. The number of carboxylic acids is 1. The lowest BCUT2D eigenvalue weighted by molar-refractivity contribution is -0.137. The highest BCUT2D eigenvalue weighted by Gasteiger charge is 2.32. The van der Waals surface area contributed by atoms with Gasteiger partial charge in [-0.3, -0.25) is 0 Å². The molecule has 0 spiro atoms. The molecule has 0 radical (unpaired) electrons. The van der Waals surface area contributed by atoms with Crippen LogP contribution in [0.15, 0.2) is 18.3 Å². The Morgan fingerprint density at radius 1 is 1.29 bits per heavy atom. The highest BCUT2D eigenvalue weighted by molar-refractivity contribution is 6.37. The molecule has 0 aliphatic rings. The first-order valence-electron chi connectivity index (χ1n) is 5.47. The second-order valence-electron chi connectivity index (χ2n) is 4.15. The standard InChI is InChI=1S/C12H7Cl2F3N2O2/c1-5-7(11(20)21)4-18-19(5)10-8(13)2-6(3-9(10)14)12(15,16)17/h2-4H,1H3,(H,20,21). The van der Waals surface area contributed by atoms with Gasteiger partial charge >= 0.3 is 12.1 Å². The van der Waals surface area contributed by atoms with Gasteiger partial charge in [0, 0.05) is 0 Å². The molecule has 0 amide bonds. The van der Waals surface area contributed by atoms with Crippen molar-refractivity contribution in [3.63, 3.8) is 0 Å². The molecule has 0 saturated carbocycles. The molecule has 0 aliphatic carbocycles. The van der Waals surface area contributed by atoms with E-state index in [1.807, 2.05) is 0 Å². The maximum absolute atomic E-state index is 12.7. The molecule has 0 saturated heterocycles. The van der Waals surface area contributed by atoms with Crippen molar-refractivity contribution in [2.75, 3.05) is 0 Å². The van der Waals surface area contributed by atoms with Crippen molar-refractivity contribution in [2.24, 2.45) is 0 Å². The summed E-state index contributed by atoms with van der Waals surface area (Å²) in [5.41, 5.74) is -0.894. The van der Waals surface area contributed by atoms with E-state index in [2.05, 4.69) is 5.10 Å². The zero-order valence-electron chi connectivity index (χ0n) is 10.4. The van der Waals surface area contributed by atoms with Crippen molar-refractivity contribution < 1.29 is 23.1 Å². The monoisotopic (exact) mass is 338 g/mol. The van der Waals surface area contributed by atoms with E-state index in [1.54, 1.807) is 0 Å². The quantitative estimate of drug-likeness (QED) is 0.892. The van der Waals surface area contributed by atoms with Crippen molar-refractivity contribution in [2.45, 2.75) is 13.1 Å². The molecule has 1 N–H and O–H groups in total. The van der Waals surface area contributed by atoms with Gasteiger partial charge in [-0.05, 0) is 19.1 Å². The lowest BCUT2D eigenvalue weighted by Gasteiger charge is -2.13. The first-order valence-corrected chi connectivity index (χ1v) is 6.23. The van der Waals surface area contributed by atoms with Gasteiger partial charge in [0.15, 0.2) is 0 Å². The van der Waals surface area contributed by atoms with E-state index in [4.69, 9.17) is 28.3 Å². The summed E-state index contributed by atoms with van der Waals surface area (Å²) in [6, 6.07) is 1.43. The largest absolute Gasteiger partial charge is 0.478 e. The van der Waals surface area contributed by atoms with E-state index < -0.39 is 17.7 Å². The van der Waals surface area contributed by atoms with Crippen molar-refractivity contribution in [3.8, 4) is 5.69 Å². The molecule has 112 valence electrons. The summed E-state index contributed by atoms with van der Waals surface area (Å²) >= 11 is 11.7. The smallest absolute Gasteiger partial charge is 0.416 e. The molecule has 0 aliphatic heterocycles. The van der Waals surface area contributed by atoms with Crippen LogP contribution >= 0.6 is 23.2 Å². The number of nitrogens with zero attached hydrogens (tertiary/aromatic N) is 2. The molecule has 0 unspecified atom stereocenters. The fourth-order valence-electron chi connectivity index (χ4n) is 1.78. The Hall–Kier alpha value is -1.73. The van der Waals surface area contributed by atoms with Crippen LogP contribution < -0.4 is 0 Å². The zero-order chi connectivity index (χ0) is 15.9. The summed E-state index contributed by atoms with van der Waals surface area (Å²) < 4.78 is 39.1. The molecule has 1 aromatic carbocycles. The van der Waals surface area contributed by atoms with Crippen LogP contribution in [0.2, 0.25) is 10.0 Å². The summed E-state index contributed by atoms with van der Waals surface area (Å²) in [5.74, 6) is -1.21. The average molecular weight is 339 g/mol. The third kappa shape index (κ3) is 2.84. The van der Waals surface area contributed by atoms with E-state index in [9.17, 15) is 18.0 Å². The average Bonchev–Trinajstić information content (AvgIpc) is 2.69. The minimum atomic E-state index is -4.59. The Morgan fingerprint density at radius 3 is 2.19 bits per heavy atom. The normalized spacial score (nSPS) is 11.7. The number of aromatic nitrogens is 2. The topological polar surface area (TPSA) is 55.1 Å². The van der Waals surface area contributed by atoms with Gasteiger partial charge in [-0.1, -0.05) is 23.2 Å². The van der Waals surface area contributed by atoms with Crippen LogP contribution in [0.4, 0.5) is 13.2 Å². The molecule has 0 bridgehead atoms. The summed E-state index contributed by atoms with van der Waals surface area (Å²) in [5, 5.41) is 12.2. The molecule has 9 heteroatoms. The van der Waals surface area contributed by atoms with Crippen LogP contribution in [0.5, 0.6) is 0 Å². The van der Waals surface area contributed by atoms with Gasteiger partial charge in [-0.15, -0.1) is 0 Å². The number of carbonyl (C=O) groups is 1. The molecule has 2 rings (SSSR count). The van der Waals surface area contributed by atoms with Crippen LogP contribution in [0.1, 0.15) is 21.6 Å². The molecule has 0 atom stereocenters. The first kappa shape index (κ1) is 15.7. The first-order chi connectivity index (χ1) is 9.62. The molecule has 4 nitrogen and oxygen atoms in total. The number of hydrogen-bond acceptors (Lipinski definition) is 2. The van der Waals surface area contributed by atoms with Crippen molar-refractivity contribution >= 4 is 29.2 Å². The van der Waals surface area contributed by atoms with Gasteiger partial charge in [0.1, 0.15) is 11.3 Å². The number of rotatable bonds is 2. The Balaban J connectivity index is 2.63. The number of hydrogen-bond donors (Lipinski definition) is 1. The van der Waals surface area contributed by atoms with Crippen LogP contribution in [0.3, 0.4) is 0 Å². The fourth-order valence-corrected chi connectivity index (χ4v) is 2.42. The number of carboxylic acid groups (broad SMARTS) is 1. The summed E-state index contributed by atoms with van der Waals surface area (Å²) in [6.07, 6.45) is -3.51. The molecular weight excluding hydrogens is 332 g/mol. The van der Waals surface area contributed by atoms with E-state index >= 15 is 0 Å². The Labute approximate surface area is 126 Å². The highest BCUT2D eigenvalue weighted by Crippen LogP contribution is 2.37. The van der Waals surface area contributed by atoms with Crippen molar-refractivity contribution in [3.05, 3.63) is 45.2 Å². The van der Waals surface area contributed by atoms with Gasteiger partial charge in [0.05, 0.1) is 27.5 Å². The van der Waals surface area contributed by atoms with Gasteiger partial charge < -0.3 is 5.11 Å². The summed E-state index contributed by atoms with van der Waals surface area (Å²) in [7, 11) is 0. The SMILES string of the molecule is Cc1c(C(=O)O)cnn1-c1c(Cl)cc(C(F)(F)F)cc1Cl. The Bertz CT molecular complexity index is 703. The van der Waals surface area contributed by atoms with E-state index in [0.717, 1.165) is 10.9 Å². The lowest BCUT2D eigenvalue weighted by Crippen LogP contribution is -2.08. The van der Waals surface area contributed by atoms with Crippen molar-refractivity contribution in [1.29, 1.82) is 0 Å². The maximum Gasteiger partial charge on any atom is 0.416 e. The summed E-state index contributed by atoms with van der Waals surface area (Å²) in [6.45, 7) is 1.45. The Kier molecular flexibility index (Phi) is 3.90. The van der Waals surface area contributed by atoms with E-state index in [1.165, 1.54) is 6.92 Å². The zero-order valence-corrected chi connectivity index (χ0v) is 11.9. The minimum absolute atomic E-state index is 0.00340. The molecular formula is C12H7Cl2F3N2O2. The third-order valence-electron chi connectivity index (χ3n) is 2.80. The Morgan fingerprint density at radius 2 is 1.81 bits per heavy atom. The summed E-state index contributed by atoms with van der Waals surface area (Å²) in [4.78, 5) is 11.0. The number of alkyl halides is 3. The lowest BCUT2D eigenvalue weighted by atomic mass is 10.2. The number of aromatic carboxylic acids is 1. The second-order valence-corrected chi connectivity index (χ2v) is 4.96. The third-order valence-corrected chi connectivity index (χ3v) is 3.37. The van der Waals surface area contributed by atoms with Crippen LogP contribution in [0, 0.1) is 6.92 Å². The van der Waals surface area contributed by atoms with Crippen molar-refractivity contribution in [1.82, 2.24) is 9.78 Å². The molecule has 2 aromatic rings. The molecule has 1 aromatic heterocycles. The van der Waals surface area contributed by atoms with E-state index in [0.29, 0.717) is 12.1 Å². The van der Waals surface area contributed by atoms with Gasteiger partial charge in [0.25, 0.3) is 0 Å². The fraction of sp³-hybridized carbons (Fsp3) is 0.167. The number of benzene rings is 1. The van der Waals surface area contributed by atoms with Crippen LogP contribution in [-0.2, 0) is 6.18 Å². The van der Waals surface area contributed by atoms with E-state index in [-0.39, 0.29) is 27.0 Å².